The zero-order chi connectivity index (χ0) is 20.9. The number of aromatic nitrogens is 3. The molecule has 2 aromatic heterocycles. The van der Waals surface area contributed by atoms with Crippen molar-refractivity contribution in [1.29, 1.82) is 0 Å². The molecule has 30 heavy (non-hydrogen) atoms. The molecule has 0 fully saturated rings. The van der Waals surface area contributed by atoms with Gasteiger partial charge in [0.1, 0.15) is 4.88 Å². The smallest absolute Gasteiger partial charge is 0.263 e. The first-order valence-corrected chi connectivity index (χ1v) is 10.9. The highest BCUT2D eigenvalue weighted by Gasteiger charge is 2.17. The molecule has 0 aliphatic carbocycles. The molecule has 0 unspecified atom stereocenters. The van der Waals surface area contributed by atoms with E-state index in [1.54, 1.807) is 0 Å². The van der Waals surface area contributed by atoms with E-state index in [4.69, 9.17) is 5.10 Å². The lowest BCUT2D eigenvalue weighted by atomic mass is 10.1. The van der Waals surface area contributed by atoms with Gasteiger partial charge >= 0.3 is 0 Å². The van der Waals surface area contributed by atoms with Gasteiger partial charge < -0.3 is 5.32 Å². The number of thiazole rings is 1. The number of amides is 1. The summed E-state index contributed by atoms with van der Waals surface area (Å²) in [5.74, 6) is -0.0838. The highest BCUT2D eigenvalue weighted by Crippen LogP contribution is 2.23. The number of carbonyl (C=O) groups is 1. The van der Waals surface area contributed by atoms with E-state index in [-0.39, 0.29) is 5.91 Å². The van der Waals surface area contributed by atoms with Crippen LogP contribution in [-0.2, 0) is 19.5 Å². The van der Waals surface area contributed by atoms with Gasteiger partial charge in [0.2, 0.25) is 0 Å². The lowest BCUT2D eigenvalue weighted by molar-refractivity contribution is 0.0954. The van der Waals surface area contributed by atoms with Crippen LogP contribution < -0.4 is 5.32 Å². The summed E-state index contributed by atoms with van der Waals surface area (Å²) >= 11 is 1.47. The molecule has 0 aliphatic rings. The van der Waals surface area contributed by atoms with E-state index >= 15 is 0 Å². The minimum atomic E-state index is -0.0838. The van der Waals surface area contributed by atoms with Gasteiger partial charge in [0.05, 0.1) is 22.9 Å². The van der Waals surface area contributed by atoms with Crippen LogP contribution in [0.1, 0.15) is 38.4 Å². The van der Waals surface area contributed by atoms with E-state index in [1.165, 1.54) is 16.9 Å². The summed E-state index contributed by atoms with van der Waals surface area (Å²) in [6, 6.07) is 20.3. The van der Waals surface area contributed by atoms with Gasteiger partial charge in [0.15, 0.2) is 0 Å². The number of carbonyl (C=O) groups excluding carboxylic acids is 1. The maximum atomic E-state index is 12.7. The lowest BCUT2D eigenvalue weighted by Gasteiger charge is -2.05. The minimum Gasteiger partial charge on any atom is -0.347 e. The third kappa shape index (κ3) is 4.49. The van der Waals surface area contributed by atoms with E-state index in [0.717, 1.165) is 33.9 Å². The standard InChI is InChI=1S/C24H24N4OS/c1-3-21-26-17(2)23(30-21)24(29)25-14-20-16-28(15-18-10-6-4-7-11-18)27-22(20)19-12-8-5-9-13-19/h4-13,16H,3,14-15H2,1-2H3,(H,25,29). The van der Waals surface area contributed by atoms with Crippen LogP contribution in [0, 0.1) is 6.92 Å². The van der Waals surface area contributed by atoms with E-state index in [2.05, 4.69) is 22.4 Å². The molecular formula is C24H24N4OS. The fourth-order valence-corrected chi connectivity index (χ4v) is 4.27. The van der Waals surface area contributed by atoms with Gasteiger partial charge in [-0.05, 0) is 18.9 Å². The molecule has 152 valence electrons. The normalized spacial score (nSPS) is 10.9. The molecule has 2 aromatic carbocycles. The fraction of sp³-hybridized carbons (Fsp3) is 0.208. The first-order valence-electron chi connectivity index (χ1n) is 10.0. The average molecular weight is 417 g/mol. The number of nitrogens with zero attached hydrogens (tertiary/aromatic N) is 3. The largest absolute Gasteiger partial charge is 0.347 e. The Morgan fingerprint density at radius 2 is 1.77 bits per heavy atom. The molecule has 6 heteroatoms. The first kappa shape index (κ1) is 20.0. The molecule has 2 heterocycles. The van der Waals surface area contributed by atoms with E-state index in [0.29, 0.717) is 18.0 Å². The molecule has 0 spiro atoms. The van der Waals surface area contributed by atoms with Crippen molar-refractivity contribution in [3.8, 4) is 11.3 Å². The van der Waals surface area contributed by atoms with Crippen molar-refractivity contribution in [1.82, 2.24) is 20.1 Å². The van der Waals surface area contributed by atoms with Gasteiger partial charge in [-0.15, -0.1) is 11.3 Å². The number of rotatable bonds is 7. The Balaban J connectivity index is 1.57. The number of hydrogen-bond donors (Lipinski definition) is 1. The van der Waals surface area contributed by atoms with Crippen LogP contribution in [0.4, 0.5) is 0 Å². The van der Waals surface area contributed by atoms with Crippen LogP contribution in [0.25, 0.3) is 11.3 Å². The second-order valence-corrected chi connectivity index (χ2v) is 8.19. The molecule has 0 bridgehead atoms. The molecule has 4 rings (SSSR count). The van der Waals surface area contributed by atoms with Crippen LogP contribution in [0.5, 0.6) is 0 Å². The number of hydrogen-bond acceptors (Lipinski definition) is 4. The van der Waals surface area contributed by atoms with E-state index in [1.807, 2.05) is 73.3 Å². The first-order chi connectivity index (χ1) is 14.6. The molecule has 0 saturated heterocycles. The van der Waals surface area contributed by atoms with Crippen LogP contribution in [0.3, 0.4) is 0 Å². The minimum absolute atomic E-state index is 0.0838. The summed E-state index contributed by atoms with van der Waals surface area (Å²) in [6.45, 7) is 5.03. The lowest BCUT2D eigenvalue weighted by Crippen LogP contribution is -2.22. The summed E-state index contributed by atoms with van der Waals surface area (Å²) in [5, 5.41) is 8.86. The second kappa shape index (κ2) is 9.05. The highest BCUT2D eigenvalue weighted by atomic mass is 32.1. The Kier molecular flexibility index (Phi) is 6.05. The molecular weight excluding hydrogens is 392 g/mol. The Bertz CT molecular complexity index is 1130. The molecule has 0 radical (unpaired) electrons. The van der Waals surface area contributed by atoms with Crippen LogP contribution >= 0.6 is 11.3 Å². The second-order valence-electron chi connectivity index (χ2n) is 7.11. The van der Waals surface area contributed by atoms with Crippen molar-refractivity contribution in [2.75, 3.05) is 0 Å². The summed E-state index contributed by atoms with van der Waals surface area (Å²) in [6.07, 6.45) is 2.86. The maximum Gasteiger partial charge on any atom is 0.263 e. The number of nitrogens with one attached hydrogen (secondary N) is 1. The van der Waals surface area contributed by atoms with Crippen LogP contribution in [0.15, 0.2) is 66.9 Å². The Morgan fingerprint density at radius 3 is 2.43 bits per heavy atom. The Morgan fingerprint density at radius 1 is 1.07 bits per heavy atom. The van der Waals surface area contributed by atoms with Gasteiger partial charge in [-0.3, -0.25) is 9.48 Å². The summed E-state index contributed by atoms with van der Waals surface area (Å²) in [5.41, 5.74) is 4.89. The van der Waals surface area contributed by atoms with Crippen molar-refractivity contribution in [2.45, 2.75) is 33.4 Å². The third-order valence-corrected chi connectivity index (χ3v) is 6.16. The molecule has 4 aromatic rings. The van der Waals surface area contributed by atoms with Crippen LogP contribution in [0.2, 0.25) is 0 Å². The SMILES string of the molecule is CCc1nc(C)c(C(=O)NCc2cn(Cc3ccccc3)nc2-c2ccccc2)s1. The topological polar surface area (TPSA) is 59.8 Å². The molecule has 0 saturated carbocycles. The van der Waals surface area contributed by atoms with Gasteiger partial charge in [0, 0.05) is 23.9 Å². The van der Waals surface area contributed by atoms with Crippen molar-refractivity contribution in [3.63, 3.8) is 0 Å². The van der Waals surface area contributed by atoms with Gasteiger partial charge in [-0.1, -0.05) is 67.6 Å². The van der Waals surface area contributed by atoms with Gasteiger partial charge in [0.25, 0.3) is 5.91 Å². The van der Waals surface area contributed by atoms with E-state index in [9.17, 15) is 4.79 Å². The molecule has 0 atom stereocenters. The zero-order valence-electron chi connectivity index (χ0n) is 17.1. The average Bonchev–Trinajstić information content (AvgIpc) is 3.36. The summed E-state index contributed by atoms with van der Waals surface area (Å²) < 4.78 is 1.94. The van der Waals surface area contributed by atoms with Crippen molar-refractivity contribution < 1.29 is 4.79 Å². The molecule has 0 aliphatic heterocycles. The Labute approximate surface area is 180 Å². The maximum absolute atomic E-state index is 12.7. The highest BCUT2D eigenvalue weighted by molar-refractivity contribution is 7.13. The Hall–Kier alpha value is -3.25. The zero-order valence-corrected chi connectivity index (χ0v) is 17.9. The van der Waals surface area contributed by atoms with Crippen LogP contribution in [-0.4, -0.2) is 20.7 Å². The predicted octanol–water partition coefficient (Wildman–Crippen LogP) is 4.86. The van der Waals surface area contributed by atoms with Crippen molar-refractivity contribution in [2.24, 2.45) is 0 Å². The summed E-state index contributed by atoms with van der Waals surface area (Å²) in [4.78, 5) is 17.9. The molecule has 1 N–H and O–H groups in total. The third-order valence-electron chi connectivity index (χ3n) is 4.86. The predicted molar refractivity (Wildman–Crippen MR) is 121 cm³/mol. The van der Waals surface area contributed by atoms with Crippen molar-refractivity contribution >= 4 is 17.2 Å². The fourth-order valence-electron chi connectivity index (χ4n) is 3.35. The molecule has 1 amide bonds. The number of benzene rings is 2. The van der Waals surface area contributed by atoms with Crippen molar-refractivity contribution in [3.05, 3.63) is 93.6 Å². The van der Waals surface area contributed by atoms with Gasteiger partial charge in [-0.25, -0.2) is 4.98 Å². The molecule has 5 nitrogen and oxygen atoms in total. The monoisotopic (exact) mass is 416 g/mol. The van der Waals surface area contributed by atoms with E-state index < -0.39 is 0 Å². The van der Waals surface area contributed by atoms with Gasteiger partial charge in [-0.2, -0.15) is 5.10 Å². The summed E-state index contributed by atoms with van der Waals surface area (Å²) in [7, 11) is 0. The number of aryl methyl sites for hydroxylation is 2. The quantitative estimate of drug-likeness (QED) is 0.468.